The van der Waals surface area contributed by atoms with E-state index >= 15 is 0 Å². The molecule has 1 saturated heterocycles. The first-order valence-electron chi connectivity index (χ1n) is 10.0. The zero-order valence-electron chi connectivity index (χ0n) is 17.0. The summed E-state index contributed by atoms with van der Waals surface area (Å²) in [6.45, 7) is -0.0992. The summed E-state index contributed by atoms with van der Waals surface area (Å²) in [6, 6.07) is 25.1. The van der Waals surface area contributed by atoms with E-state index < -0.39 is 36.4 Å². The summed E-state index contributed by atoms with van der Waals surface area (Å²) in [7, 11) is 0. The van der Waals surface area contributed by atoms with Gasteiger partial charge >= 0.3 is 17.9 Å². The van der Waals surface area contributed by atoms with Crippen LogP contribution in [-0.4, -0.2) is 43.0 Å². The Labute approximate surface area is 184 Å². The Bertz CT molecular complexity index is 1010. The highest BCUT2D eigenvalue weighted by atomic mass is 16.7. The molecular weight excluding hydrogens is 412 g/mol. The van der Waals surface area contributed by atoms with E-state index in [1.165, 1.54) is 0 Å². The fraction of sp³-hybridized carbons (Fsp3) is 0.160. The molecule has 162 valence electrons. The van der Waals surface area contributed by atoms with Crippen molar-refractivity contribution in [2.45, 2.75) is 18.5 Å². The minimum Gasteiger partial charge on any atom is -0.452 e. The van der Waals surface area contributed by atoms with Crippen LogP contribution < -0.4 is 0 Å². The van der Waals surface area contributed by atoms with E-state index in [-0.39, 0.29) is 6.61 Å². The van der Waals surface area contributed by atoms with Crippen LogP contribution in [0.5, 0.6) is 0 Å². The largest absolute Gasteiger partial charge is 0.452 e. The quantitative estimate of drug-likeness (QED) is 0.434. The topological polar surface area (TPSA) is 88.1 Å². The van der Waals surface area contributed by atoms with Crippen molar-refractivity contribution < 1.29 is 33.3 Å². The minimum absolute atomic E-state index is 0.0992. The van der Waals surface area contributed by atoms with Crippen molar-refractivity contribution in [1.82, 2.24) is 0 Å². The van der Waals surface area contributed by atoms with Crippen LogP contribution >= 0.6 is 0 Å². The Morgan fingerprint density at radius 3 is 1.47 bits per heavy atom. The van der Waals surface area contributed by atoms with Crippen molar-refractivity contribution in [2.24, 2.45) is 0 Å². The van der Waals surface area contributed by atoms with Gasteiger partial charge in [0, 0.05) is 0 Å². The molecule has 0 bridgehead atoms. The molecule has 0 N–H and O–H groups in total. The number of esters is 3. The summed E-state index contributed by atoms with van der Waals surface area (Å²) >= 11 is 0. The molecule has 0 radical (unpaired) electrons. The summed E-state index contributed by atoms with van der Waals surface area (Å²) in [5.41, 5.74) is 0.958. The van der Waals surface area contributed by atoms with E-state index in [0.717, 1.165) is 0 Å². The molecule has 4 rings (SSSR count). The molecule has 3 aromatic carbocycles. The van der Waals surface area contributed by atoms with E-state index in [1.54, 1.807) is 91.0 Å². The molecule has 0 spiro atoms. The van der Waals surface area contributed by atoms with E-state index in [0.29, 0.717) is 16.7 Å². The van der Waals surface area contributed by atoms with Crippen LogP contribution in [0.3, 0.4) is 0 Å². The lowest BCUT2D eigenvalue weighted by Crippen LogP contribution is -2.40. The maximum absolute atomic E-state index is 12.6. The van der Waals surface area contributed by atoms with Gasteiger partial charge in [0.05, 0.1) is 23.3 Å². The minimum atomic E-state index is -1.23. The average molecular weight is 432 g/mol. The molecule has 1 heterocycles. The maximum Gasteiger partial charge on any atom is 0.340 e. The van der Waals surface area contributed by atoms with Crippen LogP contribution in [0.4, 0.5) is 0 Å². The second kappa shape index (κ2) is 9.89. The Kier molecular flexibility index (Phi) is 6.57. The SMILES string of the molecule is O=C(OC1OC[C@H](OC(=O)c2ccccc2)[C@H]1OC(=O)c1ccccc1)c1ccccc1. The van der Waals surface area contributed by atoms with Gasteiger partial charge in [0.2, 0.25) is 12.4 Å². The van der Waals surface area contributed by atoms with Gasteiger partial charge in [0.1, 0.15) is 0 Å². The highest BCUT2D eigenvalue weighted by Crippen LogP contribution is 2.25. The van der Waals surface area contributed by atoms with E-state index in [2.05, 4.69) is 0 Å². The zero-order valence-corrected chi connectivity index (χ0v) is 17.0. The third kappa shape index (κ3) is 5.01. The Balaban J connectivity index is 1.52. The number of rotatable bonds is 6. The first kappa shape index (κ1) is 21.3. The van der Waals surface area contributed by atoms with Crippen molar-refractivity contribution in [3.63, 3.8) is 0 Å². The molecule has 1 unspecified atom stereocenters. The van der Waals surface area contributed by atoms with E-state index in [1.807, 2.05) is 0 Å². The fourth-order valence-electron chi connectivity index (χ4n) is 3.18. The smallest absolute Gasteiger partial charge is 0.340 e. The molecule has 1 aliphatic heterocycles. The molecule has 7 heteroatoms. The molecule has 0 aliphatic carbocycles. The Hall–Kier alpha value is -3.97. The molecule has 3 atom stereocenters. The second-order valence-corrected chi connectivity index (χ2v) is 7.02. The number of ether oxygens (including phenoxy) is 4. The lowest BCUT2D eigenvalue weighted by Gasteiger charge is -2.23. The highest BCUT2D eigenvalue weighted by Gasteiger charge is 2.45. The maximum atomic E-state index is 12.6. The average Bonchev–Trinajstić information content (AvgIpc) is 3.21. The first-order valence-corrected chi connectivity index (χ1v) is 10.0. The summed E-state index contributed by atoms with van der Waals surface area (Å²) < 4.78 is 22.1. The van der Waals surface area contributed by atoms with Gasteiger partial charge < -0.3 is 18.9 Å². The molecule has 0 saturated carbocycles. The molecule has 0 amide bonds. The summed E-state index contributed by atoms with van der Waals surface area (Å²) in [5, 5.41) is 0. The summed E-state index contributed by atoms with van der Waals surface area (Å²) in [6.07, 6.45) is -3.32. The van der Waals surface area contributed by atoms with Crippen LogP contribution in [0.15, 0.2) is 91.0 Å². The molecule has 1 aliphatic rings. The summed E-state index contributed by atoms with van der Waals surface area (Å²) in [4.78, 5) is 37.7. The number of benzene rings is 3. The molecule has 32 heavy (non-hydrogen) atoms. The van der Waals surface area contributed by atoms with Crippen molar-refractivity contribution >= 4 is 17.9 Å². The normalized spacial score (nSPS) is 19.7. The van der Waals surface area contributed by atoms with Crippen LogP contribution in [0, 0.1) is 0 Å². The van der Waals surface area contributed by atoms with Crippen LogP contribution in [0.1, 0.15) is 31.1 Å². The molecular formula is C25H20O7. The molecule has 3 aromatic rings. The van der Waals surface area contributed by atoms with Gasteiger partial charge in [-0.15, -0.1) is 0 Å². The van der Waals surface area contributed by atoms with Crippen LogP contribution in [-0.2, 0) is 18.9 Å². The Morgan fingerprint density at radius 1 is 0.594 bits per heavy atom. The van der Waals surface area contributed by atoms with Gasteiger partial charge in [-0.3, -0.25) is 0 Å². The van der Waals surface area contributed by atoms with Gasteiger partial charge in [-0.05, 0) is 36.4 Å². The van der Waals surface area contributed by atoms with Crippen molar-refractivity contribution in [3.05, 3.63) is 108 Å². The van der Waals surface area contributed by atoms with Gasteiger partial charge in [0.15, 0.2) is 6.10 Å². The lowest BCUT2D eigenvalue weighted by molar-refractivity contribution is -0.125. The van der Waals surface area contributed by atoms with E-state index in [9.17, 15) is 14.4 Å². The number of hydrogen-bond acceptors (Lipinski definition) is 7. The third-order valence-corrected chi connectivity index (χ3v) is 4.81. The van der Waals surface area contributed by atoms with Crippen molar-refractivity contribution in [1.29, 1.82) is 0 Å². The molecule has 1 fully saturated rings. The van der Waals surface area contributed by atoms with Gasteiger partial charge in [-0.2, -0.15) is 0 Å². The van der Waals surface area contributed by atoms with Crippen LogP contribution in [0.2, 0.25) is 0 Å². The highest BCUT2D eigenvalue weighted by molar-refractivity contribution is 5.91. The predicted octanol–water partition coefficient (Wildman–Crippen LogP) is 3.65. The van der Waals surface area contributed by atoms with Crippen LogP contribution in [0.25, 0.3) is 0 Å². The van der Waals surface area contributed by atoms with Gasteiger partial charge in [-0.25, -0.2) is 14.4 Å². The van der Waals surface area contributed by atoms with E-state index in [4.69, 9.17) is 18.9 Å². The monoisotopic (exact) mass is 432 g/mol. The van der Waals surface area contributed by atoms with Crippen molar-refractivity contribution in [3.8, 4) is 0 Å². The van der Waals surface area contributed by atoms with Crippen molar-refractivity contribution in [2.75, 3.05) is 6.61 Å². The number of hydrogen-bond donors (Lipinski definition) is 0. The standard InChI is InChI=1S/C25H20O7/c26-22(17-10-4-1-5-11-17)30-20-16-29-25(32-24(28)19-14-8-3-9-15-19)21(20)31-23(27)18-12-6-2-7-13-18/h1-15,20-21,25H,16H2/t20-,21+,25?/m0/s1. The fourth-order valence-corrected chi connectivity index (χ4v) is 3.18. The number of carbonyl (C=O) groups is 3. The number of carbonyl (C=O) groups excluding carboxylic acids is 3. The lowest BCUT2D eigenvalue weighted by atomic mass is 10.2. The first-order chi connectivity index (χ1) is 15.6. The van der Waals surface area contributed by atoms with Gasteiger partial charge in [-0.1, -0.05) is 54.6 Å². The van der Waals surface area contributed by atoms with Gasteiger partial charge in [0.25, 0.3) is 0 Å². The molecule has 7 nitrogen and oxygen atoms in total. The second-order valence-electron chi connectivity index (χ2n) is 7.02. The summed E-state index contributed by atoms with van der Waals surface area (Å²) in [5.74, 6) is -1.90. The predicted molar refractivity (Wildman–Crippen MR) is 113 cm³/mol. The zero-order chi connectivity index (χ0) is 22.3. The molecule has 0 aromatic heterocycles. The Morgan fingerprint density at radius 2 is 1.00 bits per heavy atom. The third-order valence-electron chi connectivity index (χ3n) is 4.81.